The zero-order valence-electron chi connectivity index (χ0n) is 20.3. The standard InChI is InChI=1S/C31H25AsO4S2/c33-37(34,29-22-12-4-13-23-29)31(38(35,36)30-24-14-5-15-25-30)32(26-16-6-1-7-17-26,27-18-8-2-9-19-27)28-20-10-3-11-21-28/h1-25H. The van der Waals surface area contributed by atoms with Crippen molar-refractivity contribution < 1.29 is 16.8 Å². The fourth-order valence-corrected chi connectivity index (χ4v) is 24.8. The Balaban J connectivity index is 2.16. The SMILES string of the molecule is O=S(=O)(C(S(=O)(=O)c1ccccc1)=[As](c1ccccc1)(c1ccccc1)c1ccccc1)c1ccccc1. The number of rotatable bonds is 7. The molecule has 5 aromatic carbocycles. The van der Waals surface area contributed by atoms with E-state index in [0.29, 0.717) is 13.1 Å². The van der Waals surface area contributed by atoms with E-state index in [1.54, 1.807) is 36.4 Å². The number of hydrogen-bond donors (Lipinski definition) is 0. The summed E-state index contributed by atoms with van der Waals surface area (Å²) in [7, 11) is -9.01. The normalized spacial score (nSPS) is 12.1. The molecule has 0 fully saturated rings. The van der Waals surface area contributed by atoms with E-state index in [1.165, 1.54) is 24.3 Å². The topological polar surface area (TPSA) is 68.3 Å². The summed E-state index contributed by atoms with van der Waals surface area (Å²) < 4.78 is 60.6. The molecule has 0 aromatic heterocycles. The van der Waals surface area contributed by atoms with Crippen molar-refractivity contribution in [1.82, 2.24) is 0 Å². The van der Waals surface area contributed by atoms with E-state index in [-0.39, 0.29) is 9.79 Å². The summed E-state index contributed by atoms with van der Waals surface area (Å²) in [6.07, 6.45) is 0. The molecule has 4 nitrogen and oxygen atoms in total. The average Bonchev–Trinajstić information content (AvgIpc) is 2.98. The molecule has 38 heavy (non-hydrogen) atoms. The van der Waals surface area contributed by atoms with Crippen LogP contribution in [0.5, 0.6) is 0 Å². The Morgan fingerprint density at radius 3 is 0.868 bits per heavy atom. The Kier molecular flexibility index (Phi) is 7.31. The van der Waals surface area contributed by atoms with E-state index in [4.69, 9.17) is 0 Å². The Bertz CT molecular complexity index is 1630. The molecule has 5 aromatic rings. The van der Waals surface area contributed by atoms with Crippen molar-refractivity contribution in [2.45, 2.75) is 9.79 Å². The summed E-state index contributed by atoms with van der Waals surface area (Å²) in [5.41, 5.74) is 0. The molecule has 0 saturated heterocycles. The van der Waals surface area contributed by atoms with E-state index < -0.39 is 35.8 Å². The summed E-state index contributed by atoms with van der Waals surface area (Å²) in [4.78, 5) is -0.105. The van der Waals surface area contributed by atoms with Crippen LogP contribution in [0.15, 0.2) is 161 Å². The van der Waals surface area contributed by atoms with Gasteiger partial charge in [-0.05, 0) is 0 Å². The molecule has 0 aliphatic heterocycles. The van der Waals surface area contributed by atoms with Gasteiger partial charge in [0.05, 0.1) is 0 Å². The molecule has 5 rings (SSSR count). The van der Waals surface area contributed by atoms with Crippen LogP contribution in [-0.4, -0.2) is 32.9 Å². The minimum atomic E-state index is -4.50. The summed E-state index contributed by atoms with van der Waals surface area (Å²) in [5.74, 6) is 0. The van der Waals surface area contributed by atoms with E-state index in [0.717, 1.165) is 0 Å². The second-order valence-corrected chi connectivity index (χ2v) is 20.9. The van der Waals surface area contributed by atoms with Gasteiger partial charge in [0.15, 0.2) is 0 Å². The summed E-state index contributed by atoms with van der Waals surface area (Å²) in [6.45, 7) is 0. The molecule has 7 heteroatoms. The molecule has 0 heterocycles. The van der Waals surface area contributed by atoms with E-state index in [9.17, 15) is 16.8 Å². The first-order valence-corrected chi connectivity index (χ1v) is 18.7. The van der Waals surface area contributed by atoms with Crippen LogP contribution in [0.4, 0.5) is 0 Å². The first kappa shape index (κ1) is 26.1. The maximum atomic E-state index is 14.7. The van der Waals surface area contributed by atoms with Gasteiger partial charge in [-0.15, -0.1) is 0 Å². The molecule has 0 aliphatic rings. The Morgan fingerprint density at radius 2 is 0.605 bits per heavy atom. The molecule has 0 radical (unpaired) electrons. The molecule has 0 atom stereocenters. The molecular formula is C31H25AsO4S2. The number of hydrogen-bond acceptors (Lipinski definition) is 4. The second-order valence-electron chi connectivity index (χ2n) is 8.58. The van der Waals surface area contributed by atoms with Crippen LogP contribution < -0.4 is 13.1 Å². The molecule has 190 valence electrons. The maximum absolute atomic E-state index is 14.7. The number of sulfone groups is 2. The van der Waals surface area contributed by atoms with Crippen LogP contribution in [-0.2, 0) is 19.7 Å². The van der Waals surface area contributed by atoms with Gasteiger partial charge in [-0.25, -0.2) is 0 Å². The van der Waals surface area contributed by atoms with Crippen LogP contribution in [0.2, 0.25) is 0 Å². The van der Waals surface area contributed by atoms with Gasteiger partial charge < -0.3 is 0 Å². The molecule has 0 N–H and O–H groups in total. The Hall–Kier alpha value is -3.57. The van der Waals surface area contributed by atoms with Gasteiger partial charge in [-0.3, -0.25) is 0 Å². The molecule has 0 spiro atoms. The van der Waals surface area contributed by atoms with Crippen molar-refractivity contribution in [1.29, 1.82) is 0 Å². The third-order valence-corrected chi connectivity index (χ3v) is 24.1. The summed E-state index contributed by atoms with van der Waals surface area (Å²) in [5, 5.41) is 0. The van der Waals surface area contributed by atoms with Gasteiger partial charge in [0.1, 0.15) is 0 Å². The van der Waals surface area contributed by atoms with Crippen LogP contribution in [0.3, 0.4) is 0 Å². The first-order valence-electron chi connectivity index (χ1n) is 11.9. The molecule has 0 unspecified atom stereocenters. The quantitative estimate of drug-likeness (QED) is 0.267. The van der Waals surface area contributed by atoms with Crippen LogP contribution >= 0.6 is 0 Å². The number of benzene rings is 5. The van der Waals surface area contributed by atoms with Gasteiger partial charge in [-0.2, -0.15) is 0 Å². The fourth-order valence-electron chi connectivity index (χ4n) is 4.62. The van der Waals surface area contributed by atoms with Gasteiger partial charge >= 0.3 is 227 Å². The zero-order chi connectivity index (χ0) is 26.6. The van der Waals surface area contributed by atoms with E-state index in [1.807, 2.05) is 91.0 Å². The summed E-state index contributed by atoms with van der Waals surface area (Å²) in [6, 6.07) is 43.4. The van der Waals surface area contributed by atoms with Crippen molar-refractivity contribution in [2.24, 2.45) is 0 Å². The summed E-state index contributed by atoms with van der Waals surface area (Å²) >= 11 is -4.49. The molecular weight excluding hydrogens is 575 g/mol. The van der Waals surface area contributed by atoms with Crippen molar-refractivity contribution in [2.75, 3.05) is 0 Å². The van der Waals surface area contributed by atoms with Crippen molar-refractivity contribution >= 4 is 48.8 Å². The fraction of sp³-hybridized carbons (Fsp3) is 0. The van der Waals surface area contributed by atoms with Gasteiger partial charge in [0, 0.05) is 0 Å². The third-order valence-electron chi connectivity index (χ3n) is 6.27. The van der Waals surface area contributed by atoms with Crippen LogP contribution in [0, 0.1) is 0 Å². The monoisotopic (exact) mass is 600 g/mol. The van der Waals surface area contributed by atoms with E-state index >= 15 is 0 Å². The van der Waals surface area contributed by atoms with Crippen molar-refractivity contribution in [3.8, 4) is 0 Å². The van der Waals surface area contributed by atoms with Crippen LogP contribution in [0.1, 0.15) is 0 Å². The second kappa shape index (κ2) is 10.7. The predicted molar refractivity (Wildman–Crippen MR) is 156 cm³/mol. The van der Waals surface area contributed by atoms with Crippen LogP contribution in [0.25, 0.3) is 0 Å². The van der Waals surface area contributed by atoms with E-state index in [2.05, 4.69) is 0 Å². The molecule has 0 bridgehead atoms. The Morgan fingerprint density at radius 1 is 0.368 bits per heavy atom. The van der Waals surface area contributed by atoms with Gasteiger partial charge in [0.2, 0.25) is 0 Å². The average molecular weight is 601 g/mol. The van der Waals surface area contributed by atoms with Gasteiger partial charge in [0.25, 0.3) is 0 Å². The minimum absolute atomic E-state index is 0.0527. The first-order chi connectivity index (χ1) is 18.4. The van der Waals surface area contributed by atoms with Gasteiger partial charge in [-0.1, -0.05) is 0 Å². The van der Waals surface area contributed by atoms with Crippen molar-refractivity contribution in [3.63, 3.8) is 0 Å². The Labute approximate surface area is 226 Å². The molecule has 0 aliphatic carbocycles. The predicted octanol–water partition coefficient (Wildman–Crippen LogP) is 3.77. The molecule has 0 amide bonds. The zero-order valence-corrected chi connectivity index (χ0v) is 23.8. The molecule has 0 saturated carbocycles. The third kappa shape index (κ3) is 4.49. The van der Waals surface area contributed by atoms with Crippen molar-refractivity contribution in [3.05, 3.63) is 152 Å².